The first-order valence-corrected chi connectivity index (χ1v) is 9.39. The van der Waals surface area contributed by atoms with E-state index in [4.69, 9.17) is 18.6 Å². The molecule has 4 fully saturated rings. The van der Waals surface area contributed by atoms with Crippen LogP contribution >= 0.6 is 12.2 Å². The van der Waals surface area contributed by atoms with Gasteiger partial charge in [-0.25, -0.2) is 0 Å². The highest BCUT2D eigenvalue weighted by molar-refractivity contribution is 7.80. The Morgan fingerprint density at radius 3 is 2.59 bits per heavy atom. The normalized spacial score (nSPS) is 34.9. The fourth-order valence-electron chi connectivity index (χ4n) is 4.44. The van der Waals surface area contributed by atoms with Gasteiger partial charge < -0.3 is 10.6 Å². The highest BCUT2D eigenvalue weighted by atomic mass is 32.1. The summed E-state index contributed by atoms with van der Waals surface area (Å²) in [6, 6.07) is 0.609. The van der Waals surface area contributed by atoms with Crippen molar-refractivity contribution in [3.63, 3.8) is 0 Å². The number of hydrogen-bond acceptors (Lipinski definition) is 2. The van der Waals surface area contributed by atoms with Gasteiger partial charge >= 0.3 is 0 Å². The molecule has 0 aromatic rings. The Morgan fingerprint density at radius 2 is 1.91 bits per heavy atom. The second-order valence-corrected chi connectivity index (χ2v) is 7.71. The predicted octanol–water partition coefficient (Wildman–Crippen LogP) is 2.37. The third-order valence-corrected chi connectivity index (χ3v) is 6.16. The van der Waals surface area contributed by atoms with E-state index < -0.39 is 0 Å². The van der Waals surface area contributed by atoms with Crippen LogP contribution in [0.4, 0.5) is 0 Å². The van der Waals surface area contributed by atoms with Crippen LogP contribution in [0.15, 0.2) is 0 Å². The van der Waals surface area contributed by atoms with E-state index in [1.54, 1.807) is 0 Å². The Morgan fingerprint density at radius 1 is 1.14 bits per heavy atom. The predicted molar refractivity (Wildman–Crippen MR) is 95.6 cm³/mol. The van der Waals surface area contributed by atoms with E-state index in [2.05, 4.69) is 21.5 Å². The minimum absolute atomic E-state index is 0.473. The number of hydrogen-bond donors (Lipinski definition) is 2. The number of nitrogens with one attached hydrogen (secondary N) is 2. The summed E-state index contributed by atoms with van der Waals surface area (Å²) in [5, 5.41) is 7.70. The Bertz CT molecular complexity index is 425. The fraction of sp³-hybridized carbons (Fsp3) is 0.833. The van der Waals surface area contributed by atoms with E-state index in [9.17, 15) is 0 Å². The minimum atomic E-state index is 0.473. The summed E-state index contributed by atoms with van der Waals surface area (Å²) >= 11 is 5.45. The summed E-state index contributed by atoms with van der Waals surface area (Å²) in [4.78, 5) is 2.56. The molecule has 3 saturated heterocycles. The van der Waals surface area contributed by atoms with Crippen molar-refractivity contribution in [2.45, 2.75) is 51.0 Å². The highest BCUT2D eigenvalue weighted by Gasteiger charge is 2.39. The highest BCUT2D eigenvalue weighted by Crippen LogP contribution is 2.35. The van der Waals surface area contributed by atoms with Gasteiger partial charge in [-0.1, -0.05) is 19.3 Å². The van der Waals surface area contributed by atoms with Gasteiger partial charge in [0.25, 0.3) is 0 Å². The average molecular weight is 320 g/mol. The van der Waals surface area contributed by atoms with Crippen LogP contribution < -0.4 is 10.6 Å². The first kappa shape index (κ1) is 16.1. The number of rotatable bonds is 4. The van der Waals surface area contributed by atoms with Gasteiger partial charge in [0.1, 0.15) is 0 Å². The molecule has 0 aromatic carbocycles. The van der Waals surface area contributed by atoms with Crippen LogP contribution in [0.3, 0.4) is 0 Å². The Balaban J connectivity index is 1.36. The first-order chi connectivity index (χ1) is 10.8. The van der Waals surface area contributed by atoms with Crippen molar-refractivity contribution in [2.24, 2.45) is 17.8 Å². The van der Waals surface area contributed by atoms with Crippen LogP contribution in [-0.4, -0.2) is 42.2 Å². The molecule has 0 radical (unpaired) electrons. The summed E-state index contributed by atoms with van der Waals surface area (Å²) in [5.41, 5.74) is 0. The number of terminal acetylenes is 1. The Labute approximate surface area is 140 Å². The molecule has 1 saturated carbocycles. The van der Waals surface area contributed by atoms with Crippen LogP contribution in [0.1, 0.15) is 44.9 Å². The van der Waals surface area contributed by atoms with Gasteiger partial charge in [-0.05, 0) is 56.3 Å². The van der Waals surface area contributed by atoms with Gasteiger partial charge in [-0.3, -0.25) is 4.90 Å². The lowest BCUT2D eigenvalue weighted by Crippen LogP contribution is -2.57. The molecule has 1 aliphatic carbocycles. The molecule has 3 heterocycles. The van der Waals surface area contributed by atoms with Gasteiger partial charge in [0.2, 0.25) is 0 Å². The van der Waals surface area contributed by atoms with Crippen LogP contribution in [0, 0.1) is 30.1 Å². The van der Waals surface area contributed by atoms with Crippen molar-refractivity contribution >= 4 is 17.3 Å². The quantitative estimate of drug-likeness (QED) is 0.614. The number of thiocarbonyl (C=S) groups is 1. The van der Waals surface area contributed by atoms with Crippen molar-refractivity contribution in [3.8, 4) is 12.3 Å². The Kier molecular flexibility index (Phi) is 5.60. The smallest absolute Gasteiger partial charge is 0.166 e. The zero-order chi connectivity index (χ0) is 15.4. The van der Waals surface area contributed by atoms with E-state index in [-0.39, 0.29) is 0 Å². The average Bonchev–Trinajstić information content (AvgIpc) is 2.59. The van der Waals surface area contributed by atoms with E-state index in [1.165, 1.54) is 51.5 Å². The van der Waals surface area contributed by atoms with Crippen molar-refractivity contribution < 1.29 is 0 Å². The van der Waals surface area contributed by atoms with Crippen molar-refractivity contribution in [3.05, 3.63) is 0 Å². The van der Waals surface area contributed by atoms with Crippen LogP contribution in [0.5, 0.6) is 0 Å². The third-order valence-electron chi connectivity index (χ3n) is 5.87. The SMILES string of the molecule is C#C[C@H]1CN2CC[C@@H]1C[C@@H]2CNC(=S)NCC1CCCCC1. The van der Waals surface area contributed by atoms with Crippen molar-refractivity contribution in [1.29, 1.82) is 0 Å². The fourth-order valence-corrected chi connectivity index (χ4v) is 4.61. The molecule has 2 bridgehead atoms. The monoisotopic (exact) mass is 319 g/mol. The summed E-state index contributed by atoms with van der Waals surface area (Å²) in [6.07, 6.45) is 15.1. The Hall–Kier alpha value is -0.790. The van der Waals surface area contributed by atoms with Crippen molar-refractivity contribution in [1.82, 2.24) is 15.5 Å². The maximum absolute atomic E-state index is 5.64. The molecule has 2 N–H and O–H groups in total. The molecule has 3 nitrogen and oxygen atoms in total. The molecular weight excluding hydrogens is 290 g/mol. The second-order valence-electron chi connectivity index (χ2n) is 7.30. The van der Waals surface area contributed by atoms with Gasteiger partial charge in [-0.2, -0.15) is 0 Å². The summed E-state index contributed by atoms with van der Waals surface area (Å²) < 4.78 is 0. The zero-order valence-corrected chi connectivity index (χ0v) is 14.3. The van der Waals surface area contributed by atoms with E-state index >= 15 is 0 Å². The minimum Gasteiger partial charge on any atom is -0.362 e. The largest absolute Gasteiger partial charge is 0.362 e. The molecule has 0 aromatic heterocycles. The third kappa shape index (κ3) is 3.94. The van der Waals surface area contributed by atoms with E-state index in [0.29, 0.717) is 12.0 Å². The van der Waals surface area contributed by atoms with Crippen LogP contribution in [-0.2, 0) is 0 Å². The maximum atomic E-state index is 5.64. The molecule has 4 rings (SSSR count). The molecule has 22 heavy (non-hydrogen) atoms. The van der Waals surface area contributed by atoms with E-state index in [1.807, 2.05) is 0 Å². The molecular formula is C18H29N3S. The van der Waals surface area contributed by atoms with E-state index in [0.717, 1.165) is 36.6 Å². The molecule has 1 unspecified atom stereocenters. The molecule has 4 atom stereocenters. The summed E-state index contributed by atoms with van der Waals surface area (Å²) in [6.45, 7) is 4.29. The number of nitrogens with zero attached hydrogens (tertiary/aromatic N) is 1. The van der Waals surface area contributed by atoms with Gasteiger partial charge in [0, 0.05) is 31.6 Å². The molecule has 3 aliphatic heterocycles. The molecule has 4 aliphatic rings. The molecule has 0 amide bonds. The summed E-state index contributed by atoms with van der Waals surface area (Å²) in [7, 11) is 0. The topological polar surface area (TPSA) is 27.3 Å². The molecule has 0 spiro atoms. The van der Waals surface area contributed by atoms with Gasteiger partial charge in [0.15, 0.2) is 5.11 Å². The first-order valence-electron chi connectivity index (χ1n) is 8.98. The lowest BCUT2D eigenvalue weighted by molar-refractivity contribution is 0.0248. The zero-order valence-electron chi connectivity index (χ0n) is 13.5. The van der Waals surface area contributed by atoms with Gasteiger partial charge in [0.05, 0.1) is 0 Å². The standard InChI is InChI=1S/C18H29N3S/c1-2-15-13-21-9-8-16(15)10-17(21)12-20-18(22)19-11-14-6-4-3-5-7-14/h1,14-17H,3-13H2,(H2,19,20,22)/t15-,16+,17+/m0/s1. The number of fused-ring (bicyclic) bond motifs is 3. The molecule has 122 valence electrons. The molecule has 4 heteroatoms. The lowest BCUT2D eigenvalue weighted by atomic mass is 9.76. The lowest BCUT2D eigenvalue weighted by Gasteiger charge is -2.48. The van der Waals surface area contributed by atoms with Crippen LogP contribution in [0.25, 0.3) is 0 Å². The summed E-state index contributed by atoms with van der Waals surface area (Å²) in [5.74, 6) is 5.00. The second kappa shape index (κ2) is 7.66. The van der Waals surface area contributed by atoms with Crippen molar-refractivity contribution in [2.75, 3.05) is 26.2 Å². The number of piperidine rings is 3. The maximum Gasteiger partial charge on any atom is 0.166 e. The van der Waals surface area contributed by atoms with Crippen LogP contribution in [0.2, 0.25) is 0 Å². The van der Waals surface area contributed by atoms with Gasteiger partial charge in [-0.15, -0.1) is 12.3 Å².